The summed E-state index contributed by atoms with van der Waals surface area (Å²) in [5, 5.41) is 1.24. The van der Waals surface area contributed by atoms with Gasteiger partial charge < -0.3 is 4.98 Å². The molecule has 1 aromatic heterocycles. The molecule has 0 aliphatic heterocycles. The Morgan fingerprint density at radius 3 is 2.35 bits per heavy atom. The van der Waals surface area contributed by atoms with E-state index < -0.39 is 0 Å². The lowest BCUT2D eigenvalue weighted by molar-refractivity contribution is 1.43. The fourth-order valence-corrected chi connectivity index (χ4v) is 2.23. The molecule has 0 spiro atoms. The molecule has 17 heavy (non-hydrogen) atoms. The van der Waals surface area contributed by atoms with E-state index >= 15 is 0 Å². The predicted octanol–water partition coefficient (Wildman–Crippen LogP) is 4.48. The standard InChI is InChI=1S/C16H13N/c1-2-14-16(12-8-4-3-5-9-12)13-10-6-7-11-15(13)17-14/h2-11,17H,1H2. The van der Waals surface area contributed by atoms with Gasteiger partial charge in [-0.3, -0.25) is 0 Å². The van der Waals surface area contributed by atoms with Gasteiger partial charge in [0.25, 0.3) is 0 Å². The van der Waals surface area contributed by atoms with E-state index in [9.17, 15) is 0 Å². The van der Waals surface area contributed by atoms with Crippen molar-refractivity contribution >= 4 is 17.0 Å². The summed E-state index contributed by atoms with van der Waals surface area (Å²) in [5.41, 5.74) is 4.69. The van der Waals surface area contributed by atoms with Crippen LogP contribution in [0.5, 0.6) is 0 Å². The summed E-state index contributed by atoms with van der Waals surface area (Å²) in [6.45, 7) is 3.88. The molecule has 2 aromatic carbocycles. The number of rotatable bonds is 2. The lowest BCUT2D eigenvalue weighted by Gasteiger charge is -2.01. The maximum absolute atomic E-state index is 3.88. The van der Waals surface area contributed by atoms with E-state index in [-0.39, 0.29) is 0 Å². The zero-order valence-electron chi connectivity index (χ0n) is 9.48. The molecule has 82 valence electrons. The summed E-state index contributed by atoms with van der Waals surface area (Å²) in [4.78, 5) is 3.39. The molecule has 0 aliphatic rings. The van der Waals surface area contributed by atoms with Gasteiger partial charge in [0.15, 0.2) is 0 Å². The van der Waals surface area contributed by atoms with E-state index in [0.29, 0.717) is 0 Å². The van der Waals surface area contributed by atoms with Gasteiger partial charge in [0.2, 0.25) is 0 Å². The molecule has 1 N–H and O–H groups in total. The van der Waals surface area contributed by atoms with Gasteiger partial charge in [0.05, 0.1) is 0 Å². The molecule has 0 bridgehead atoms. The molecule has 0 saturated heterocycles. The van der Waals surface area contributed by atoms with Crippen molar-refractivity contribution in [2.45, 2.75) is 0 Å². The maximum atomic E-state index is 3.88. The quantitative estimate of drug-likeness (QED) is 0.654. The molecular formula is C16H13N. The molecule has 3 aromatic rings. The Morgan fingerprint density at radius 2 is 1.59 bits per heavy atom. The monoisotopic (exact) mass is 219 g/mol. The van der Waals surface area contributed by atoms with Crippen LogP contribution >= 0.6 is 0 Å². The first-order chi connectivity index (χ1) is 8.40. The highest BCUT2D eigenvalue weighted by Gasteiger charge is 2.09. The first-order valence-electron chi connectivity index (χ1n) is 5.68. The zero-order valence-corrected chi connectivity index (χ0v) is 9.48. The van der Waals surface area contributed by atoms with Crippen LogP contribution in [0.3, 0.4) is 0 Å². The molecule has 0 atom stereocenters. The highest BCUT2D eigenvalue weighted by molar-refractivity contribution is 5.99. The van der Waals surface area contributed by atoms with Crippen LogP contribution in [-0.4, -0.2) is 4.98 Å². The van der Waals surface area contributed by atoms with Crippen molar-refractivity contribution in [1.82, 2.24) is 4.98 Å². The van der Waals surface area contributed by atoms with Gasteiger partial charge in [-0.05, 0) is 17.7 Å². The van der Waals surface area contributed by atoms with E-state index in [4.69, 9.17) is 0 Å². The van der Waals surface area contributed by atoms with Crippen LogP contribution in [0.15, 0.2) is 61.2 Å². The molecule has 0 saturated carbocycles. The van der Waals surface area contributed by atoms with Crippen molar-refractivity contribution in [3.05, 3.63) is 66.9 Å². The smallest absolute Gasteiger partial charge is 0.0465 e. The fourth-order valence-electron chi connectivity index (χ4n) is 2.23. The molecule has 0 amide bonds. The minimum Gasteiger partial charge on any atom is -0.355 e. The summed E-state index contributed by atoms with van der Waals surface area (Å²) >= 11 is 0. The van der Waals surface area contributed by atoms with Crippen LogP contribution in [0.1, 0.15) is 5.69 Å². The van der Waals surface area contributed by atoms with Crippen LogP contribution < -0.4 is 0 Å². The van der Waals surface area contributed by atoms with Gasteiger partial charge in [0.1, 0.15) is 0 Å². The summed E-state index contributed by atoms with van der Waals surface area (Å²) in [6, 6.07) is 18.7. The van der Waals surface area contributed by atoms with Gasteiger partial charge in [-0.15, -0.1) is 0 Å². The van der Waals surface area contributed by atoms with E-state index in [2.05, 4.69) is 54.0 Å². The second-order valence-electron chi connectivity index (χ2n) is 4.03. The van der Waals surface area contributed by atoms with Gasteiger partial charge in [0, 0.05) is 22.2 Å². The van der Waals surface area contributed by atoms with Gasteiger partial charge >= 0.3 is 0 Å². The first kappa shape index (κ1) is 9.91. The Morgan fingerprint density at radius 1 is 0.882 bits per heavy atom. The normalized spacial score (nSPS) is 10.6. The van der Waals surface area contributed by atoms with E-state index in [1.54, 1.807) is 0 Å². The minimum atomic E-state index is 1.08. The molecular weight excluding hydrogens is 206 g/mol. The van der Waals surface area contributed by atoms with Gasteiger partial charge in [-0.25, -0.2) is 0 Å². The number of para-hydroxylation sites is 1. The van der Waals surface area contributed by atoms with Crippen LogP contribution in [0.25, 0.3) is 28.1 Å². The van der Waals surface area contributed by atoms with E-state index in [0.717, 1.165) is 11.2 Å². The number of aromatic nitrogens is 1. The summed E-state index contributed by atoms with van der Waals surface area (Å²) < 4.78 is 0. The van der Waals surface area contributed by atoms with E-state index in [1.165, 1.54) is 16.5 Å². The Balaban J connectivity index is 2.38. The fraction of sp³-hybridized carbons (Fsp3) is 0. The third kappa shape index (κ3) is 1.56. The SMILES string of the molecule is C=Cc1[nH]c2ccccc2c1-c1ccccc1. The summed E-state index contributed by atoms with van der Waals surface area (Å²) in [5.74, 6) is 0. The minimum absolute atomic E-state index is 1.08. The number of H-pyrrole nitrogens is 1. The van der Waals surface area contributed by atoms with Crippen LogP contribution in [-0.2, 0) is 0 Å². The number of hydrogen-bond acceptors (Lipinski definition) is 0. The van der Waals surface area contributed by atoms with Crippen molar-refractivity contribution < 1.29 is 0 Å². The van der Waals surface area contributed by atoms with E-state index in [1.807, 2.05) is 18.2 Å². The lowest BCUT2D eigenvalue weighted by Crippen LogP contribution is -1.78. The number of aromatic amines is 1. The third-order valence-corrected chi connectivity index (χ3v) is 3.00. The maximum Gasteiger partial charge on any atom is 0.0465 e. The average molecular weight is 219 g/mol. The van der Waals surface area contributed by atoms with Crippen molar-refractivity contribution in [2.24, 2.45) is 0 Å². The second kappa shape index (κ2) is 3.95. The molecule has 1 nitrogen and oxygen atoms in total. The summed E-state index contributed by atoms with van der Waals surface area (Å²) in [6.07, 6.45) is 1.88. The Hall–Kier alpha value is -2.28. The largest absolute Gasteiger partial charge is 0.355 e. The van der Waals surface area contributed by atoms with Gasteiger partial charge in [-0.2, -0.15) is 0 Å². The molecule has 0 aliphatic carbocycles. The Labute approximate surface area is 100 Å². The molecule has 1 heterocycles. The van der Waals surface area contributed by atoms with Crippen LogP contribution in [0.4, 0.5) is 0 Å². The molecule has 0 unspecified atom stereocenters. The van der Waals surface area contributed by atoms with Gasteiger partial charge in [-0.1, -0.05) is 55.1 Å². The topological polar surface area (TPSA) is 15.8 Å². The second-order valence-corrected chi connectivity index (χ2v) is 4.03. The number of nitrogens with one attached hydrogen (secondary N) is 1. The number of fused-ring (bicyclic) bond motifs is 1. The van der Waals surface area contributed by atoms with Crippen molar-refractivity contribution in [3.8, 4) is 11.1 Å². The zero-order chi connectivity index (χ0) is 11.7. The van der Waals surface area contributed by atoms with Crippen molar-refractivity contribution in [2.75, 3.05) is 0 Å². The molecule has 3 rings (SSSR count). The highest BCUT2D eigenvalue weighted by atomic mass is 14.7. The van der Waals surface area contributed by atoms with Crippen LogP contribution in [0.2, 0.25) is 0 Å². The molecule has 0 fully saturated rings. The Bertz CT molecular complexity index is 662. The average Bonchev–Trinajstić information content (AvgIpc) is 2.78. The summed E-state index contributed by atoms with van der Waals surface area (Å²) in [7, 11) is 0. The highest BCUT2D eigenvalue weighted by Crippen LogP contribution is 2.32. The predicted molar refractivity (Wildman–Crippen MR) is 73.8 cm³/mol. The molecule has 0 radical (unpaired) electrons. The molecule has 1 heteroatoms. The van der Waals surface area contributed by atoms with Crippen molar-refractivity contribution in [1.29, 1.82) is 0 Å². The number of benzene rings is 2. The first-order valence-corrected chi connectivity index (χ1v) is 5.68. The van der Waals surface area contributed by atoms with Crippen LogP contribution in [0, 0.1) is 0 Å². The van der Waals surface area contributed by atoms with Crippen molar-refractivity contribution in [3.63, 3.8) is 0 Å². The Kier molecular flexibility index (Phi) is 2.30. The number of hydrogen-bond donors (Lipinski definition) is 1. The third-order valence-electron chi connectivity index (χ3n) is 3.00. The lowest BCUT2D eigenvalue weighted by atomic mass is 10.0.